The molecule has 0 amide bonds. The average Bonchev–Trinajstić information content (AvgIpc) is 3.13. The van der Waals surface area contributed by atoms with E-state index in [1.165, 1.54) is 57.8 Å². The van der Waals surface area contributed by atoms with Crippen molar-refractivity contribution in [2.75, 3.05) is 18.0 Å². The highest BCUT2D eigenvalue weighted by molar-refractivity contribution is 5.78. The van der Waals surface area contributed by atoms with Gasteiger partial charge in [-0.1, -0.05) is 44.2 Å². The molecule has 1 saturated carbocycles. The molecule has 2 aromatic rings. The molecule has 6 rings (SSSR count). The van der Waals surface area contributed by atoms with E-state index in [-0.39, 0.29) is 24.4 Å². The Labute approximate surface area is 218 Å². The lowest BCUT2D eigenvalue weighted by Gasteiger charge is -2.45. The van der Waals surface area contributed by atoms with E-state index in [1.807, 2.05) is 33.7 Å². The van der Waals surface area contributed by atoms with Crippen LogP contribution < -0.4 is 10.5 Å². The Balaban J connectivity index is 1.30. The van der Waals surface area contributed by atoms with E-state index in [1.54, 1.807) is 0 Å². The summed E-state index contributed by atoms with van der Waals surface area (Å²) < 4.78 is 2.01. The lowest BCUT2D eigenvalue weighted by Crippen LogP contribution is -2.52. The number of piperidine rings is 2. The second-order valence-electron chi connectivity index (χ2n) is 11.9. The molecule has 3 aliphatic heterocycles. The van der Waals surface area contributed by atoms with Crippen molar-refractivity contribution in [3.05, 3.63) is 34.6 Å². The fourth-order valence-electron chi connectivity index (χ4n) is 7.74. The molecular weight excluding hydrogens is 468 g/mol. The average molecular weight is 509 g/mol. The van der Waals surface area contributed by atoms with Crippen LogP contribution in [-0.2, 0) is 4.79 Å². The molecule has 4 heterocycles. The second-order valence-corrected chi connectivity index (χ2v) is 11.9. The molecule has 4 fully saturated rings. The number of carboxylic acids is 1. The van der Waals surface area contributed by atoms with Crippen LogP contribution in [0, 0.1) is 0 Å². The number of anilines is 1. The zero-order valence-corrected chi connectivity index (χ0v) is 21.7. The van der Waals surface area contributed by atoms with Gasteiger partial charge in [0.1, 0.15) is 0 Å². The van der Waals surface area contributed by atoms with E-state index in [2.05, 4.69) is 4.90 Å². The number of carboxylic acid groups (broad SMARTS) is 1. The minimum atomic E-state index is -1.73. The van der Waals surface area contributed by atoms with E-state index in [4.69, 9.17) is 4.98 Å². The first kappa shape index (κ1) is 24.9. The monoisotopic (exact) mass is 508 g/mol. The molecule has 1 aromatic heterocycles. The Morgan fingerprint density at radius 2 is 1.49 bits per heavy atom. The Morgan fingerprint density at radius 3 is 2.14 bits per heavy atom. The summed E-state index contributed by atoms with van der Waals surface area (Å²) in [4.78, 5) is 35.0. The van der Waals surface area contributed by atoms with Crippen molar-refractivity contribution in [3.63, 3.8) is 0 Å². The molecule has 0 spiro atoms. The predicted octanol–water partition coefficient (Wildman–Crippen LogP) is 4.09. The van der Waals surface area contributed by atoms with Crippen molar-refractivity contribution in [2.45, 2.75) is 113 Å². The number of benzene rings is 1. The van der Waals surface area contributed by atoms with Crippen LogP contribution in [-0.4, -0.2) is 67.4 Å². The molecule has 2 atom stereocenters. The van der Waals surface area contributed by atoms with E-state index in [9.17, 15) is 19.8 Å². The van der Waals surface area contributed by atoms with E-state index in [0.29, 0.717) is 37.0 Å². The van der Waals surface area contributed by atoms with E-state index in [0.717, 1.165) is 23.9 Å². The number of nitrogens with zero attached hydrogens (tertiary/aromatic N) is 4. The maximum absolute atomic E-state index is 14.0. The zero-order valence-electron chi connectivity index (χ0n) is 21.7. The van der Waals surface area contributed by atoms with Gasteiger partial charge < -0.3 is 19.7 Å². The highest BCUT2D eigenvalue weighted by atomic mass is 16.4. The number of carbonyl (C=O) groups is 1. The van der Waals surface area contributed by atoms with Crippen LogP contribution in [0.2, 0.25) is 0 Å². The van der Waals surface area contributed by atoms with Crippen LogP contribution in [0.3, 0.4) is 0 Å². The number of aromatic nitrogens is 2. The van der Waals surface area contributed by atoms with E-state index < -0.39 is 11.6 Å². The normalized spacial score (nSPS) is 29.2. The van der Waals surface area contributed by atoms with Gasteiger partial charge in [0.25, 0.3) is 5.56 Å². The zero-order chi connectivity index (χ0) is 25.6. The SMILES string of the molecule is O=C(O)C1(O)CCN(c2nc3ccccc3n(C3CC4CCC(C3)N4C3CCCCCCC3)c2=O)CC1. The summed E-state index contributed by atoms with van der Waals surface area (Å²) in [5.74, 6) is -0.802. The number of hydrogen-bond acceptors (Lipinski definition) is 6. The Kier molecular flexibility index (Phi) is 6.74. The van der Waals surface area contributed by atoms with Gasteiger partial charge in [0.2, 0.25) is 0 Å². The van der Waals surface area contributed by atoms with Gasteiger partial charge >= 0.3 is 5.97 Å². The molecule has 8 heteroatoms. The van der Waals surface area contributed by atoms with Crippen LogP contribution in [0.25, 0.3) is 11.0 Å². The summed E-state index contributed by atoms with van der Waals surface area (Å²) >= 11 is 0. The molecule has 2 N–H and O–H groups in total. The summed E-state index contributed by atoms with van der Waals surface area (Å²) in [5.41, 5.74) is -0.122. The van der Waals surface area contributed by atoms with Gasteiger partial charge in [-0.15, -0.1) is 0 Å². The Hall–Kier alpha value is -2.45. The summed E-state index contributed by atoms with van der Waals surface area (Å²) in [6, 6.07) is 9.82. The highest BCUT2D eigenvalue weighted by Crippen LogP contribution is 2.44. The molecule has 8 nitrogen and oxygen atoms in total. The first-order valence-corrected chi connectivity index (χ1v) is 14.4. The number of rotatable bonds is 4. The number of aliphatic carboxylic acids is 1. The lowest BCUT2D eigenvalue weighted by atomic mass is 9.89. The molecule has 2 unspecified atom stereocenters. The third-order valence-electron chi connectivity index (χ3n) is 9.69. The van der Waals surface area contributed by atoms with Crippen molar-refractivity contribution in [3.8, 4) is 0 Å². The van der Waals surface area contributed by atoms with Crippen LogP contribution in [0.15, 0.2) is 29.1 Å². The molecule has 1 aromatic carbocycles. The summed E-state index contributed by atoms with van der Waals surface area (Å²) in [7, 11) is 0. The molecule has 3 saturated heterocycles. The smallest absolute Gasteiger partial charge is 0.335 e. The molecule has 4 aliphatic rings. The minimum absolute atomic E-state index is 0.0803. The minimum Gasteiger partial charge on any atom is -0.479 e. The van der Waals surface area contributed by atoms with Crippen LogP contribution in [0.4, 0.5) is 5.82 Å². The standard InChI is InChI=1S/C29H40N4O4/c34-27-26(31-16-14-29(37,15-17-31)28(35)36)30-24-10-6-7-11-25(24)33(27)23-18-21-12-13-22(19-23)32(21)20-8-4-2-1-3-5-9-20/h6-7,10-11,20-23,37H,1-5,8-9,12-19H2,(H,35,36). The van der Waals surface area contributed by atoms with Crippen LogP contribution in [0.5, 0.6) is 0 Å². The molecule has 0 radical (unpaired) electrons. The highest BCUT2D eigenvalue weighted by Gasteiger charge is 2.45. The first-order chi connectivity index (χ1) is 17.9. The fourth-order valence-corrected chi connectivity index (χ4v) is 7.74. The van der Waals surface area contributed by atoms with Gasteiger partial charge in [-0.25, -0.2) is 9.78 Å². The topological polar surface area (TPSA) is 98.9 Å². The fraction of sp³-hybridized carbons (Fsp3) is 0.690. The molecule has 200 valence electrons. The molecule has 1 aliphatic carbocycles. The Morgan fingerprint density at radius 1 is 0.865 bits per heavy atom. The lowest BCUT2D eigenvalue weighted by molar-refractivity contribution is -0.160. The Bertz CT molecular complexity index is 1180. The third kappa shape index (κ3) is 4.56. The van der Waals surface area contributed by atoms with Crippen molar-refractivity contribution < 1.29 is 15.0 Å². The summed E-state index contributed by atoms with van der Waals surface area (Å²) in [6.45, 7) is 0.601. The van der Waals surface area contributed by atoms with Gasteiger partial charge in [0.05, 0.1) is 11.0 Å². The van der Waals surface area contributed by atoms with Crippen molar-refractivity contribution in [2.24, 2.45) is 0 Å². The van der Waals surface area contributed by atoms with Gasteiger partial charge in [-0.05, 0) is 50.7 Å². The number of hydrogen-bond donors (Lipinski definition) is 2. The second kappa shape index (κ2) is 10.0. The van der Waals surface area contributed by atoms with Gasteiger partial charge in [-0.2, -0.15) is 0 Å². The van der Waals surface area contributed by atoms with Crippen molar-refractivity contribution in [1.29, 1.82) is 0 Å². The summed E-state index contributed by atoms with van der Waals surface area (Å²) in [5, 5.41) is 19.8. The van der Waals surface area contributed by atoms with Crippen molar-refractivity contribution >= 4 is 22.8 Å². The predicted molar refractivity (Wildman–Crippen MR) is 143 cm³/mol. The van der Waals surface area contributed by atoms with Crippen LogP contribution in [0.1, 0.15) is 89.5 Å². The largest absolute Gasteiger partial charge is 0.479 e. The van der Waals surface area contributed by atoms with Crippen LogP contribution >= 0.6 is 0 Å². The van der Waals surface area contributed by atoms with Crippen molar-refractivity contribution in [1.82, 2.24) is 14.5 Å². The van der Waals surface area contributed by atoms with E-state index >= 15 is 0 Å². The quantitative estimate of drug-likeness (QED) is 0.642. The number of aliphatic hydroxyl groups is 1. The summed E-state index contributed by atoms with van der Waals surface area (Å²) in [6.07, 6.45) is 14.0. The van der Waals surface area contributed by atoms with Gasteiger partial charge in [0, 0.05) is 50.1 Å². The first-order valence-electron chi connectivity index (χ1n) is 14.4. The van der Waals surface area contributed by atoms with Gasteiger partial charge in [-0.3, -0.25) is 9.69 Å². The molecule has 37 heavy (non-hydrogen) atoms. The number of para-hydroxylation sites is 2. The molecule has 2 bridgehead atoms. The van der Waals surface area contributed by atoms with Gasteiger partial charge in [0.15, 0.2) is 11.4 Å². The molecular formula is C29H40N4O4. The maximum Gasteiger partial charge on any atom is 0.335 e. The maximum atomic E-state index is 14.0. The third-order valence-corrected chi connectivity index (χ3v) is 9.69. The number of fused-ring (bicyclic) bond motifs is 3.